The number of aromatic nitrogens is 1. The van der Waals surface area contributed by atoms with Crippen molar-refractivity contribution in [1.29, 1.82) is 0 Å². The molecule has 1 aromatic rings. The number of piperidine rings is 1. The zero-order valence-corrected chi connectivity index (χ0v) is 17.9. The van der Waals surface area contributed by atoms with Gasteiger partial charge in [0.15, 0.2) is 0 Å². The van der Waals surface area contributed by atoms with Gasteiger partial charge in [0, 0.05) is 57.0 Å². The molecule has 3 saturated heterocycles. The van der Waals surface area contributed by atoms with E-state index in [0.717, 1.165) is 31.7 Å². The van der Waals surface area contributed by atoms with Crippen LogP contribution in [0.15, 0.2) is 16.9 Å². The van der Waals surface area contributed by atoms with Crippen LogP contribution in [0, 0.1) is 5.92 Å². The van der Waals surface area contributed by atoms with Crippen LogP contribution in [-0.4, -0.2) is 77.2 Å². The minimum absolute atomic E-state index is 0.0881. The first-order chi connectivity index (χ1) is 14.2. The highest BCUT2D eigenvalue weighted by molar-refractivity contribution is 7.99. The summed E-state index contributed by atoms with van der Waals surface area (Å²) in [7, 11) is 0. The molecule has 0 spiro atoms. The first-order valence-corrected chi connectivity index (χ1v) is 12.3. The molecule has 158 valence electrons. The van der Waals surface area contributed by atoms with E-state index in [1.165, 1.54) is 30.8 Å². The first kappa shape index (κ1) is 19.6. The Balaban J connectivity index is 1.38. The topological polar surface area (TPSA) is 54.8 Å². The van der Waals surface area contributed by atoms with Gasteiger partial charge in [-0.15, -0.1) is 0 Å². The van der Waals surface area contributed by atoms with E-state index in [9.17, 15) is 9.59 Å². The van der Waals surface area contributed by atoms with Crippen LogP contribution in [0.1, 0.15) is 47.7 Å². The highest BCUT2D eigenvalue weighted by Crippen LogP contribution is 2.37. The summed E-state index contributed by atoms with van der Waals surface area (Å²) >= 11 is 2.08. The van der Waals surface area contributed by atoms with Crippen LogP contribution in [0.25, 0.3) is 0 Å². The Morgan fingerprint density at radius 3 is 2.79 bits per heavy atom. The average molecular weight is 418 g/mol. The molecule has 0 unspecified atom stereocenters. The van der Waals surface area contributed by atoms with Gasteiger partial charge in [-0.1, -0.05) is 0 Å². The van der Waals surface area contributed by atoms with Crippen molar-refractivity contribution in [2.24, 2.45) is 5.92 Å². The number of ether oxygens (including phenoxy) is 1. The molecule has 29 heavy (non-hydrogen) atoms. The van der Waals surface area contributed by atoms with Gasteiger partial charge in [-0.3, -0.25) is 14.5 Å². The Kier molecular flexibility index (Phi) is 5.71. The molecule has 0 N–H and O–H groups in total. The van der Waals surface area contributed by atoms with Crippen molar-refractivity contribution >= 4 is 17.7 Å². The van der Waals surface area contributed by atoms with Crippen molar-refractivity contribution in [2.75, 3.05) is 50.9 Å². The van der Waals surface area contributed by atoms with Crippen LogP contribution in [-0.2, 0) is 11.3 Å². The lowest BCUT2D eigenvalue weighted by Crippen LogP contribution is -2.52. The fraction of sp³-hybridized carbons (Fsp3) is 0.727. The normalized spacial score (nSPS) is 28.6. The van der Waals surface area contributed by atoms with Gasteiger partial charge in [-0.25, -0.2) is 0 Å². The van der Waals surface area contributed by atoms with E-state index in [1.54, 1.807) is 11.0 Å². The minimum atomic E-state index is -0.132. The number of rotatable bonds is 2. The van der Waals surface area contributed by atoms with Gasteiger partial charge in [0.2, 0.25) is 0 Å². The molecule has 4 aliphatic rings. The zero-order valence-electron chi connectivity index (χ0n) is 17.1. The third-order valence-corrected chi connectivity index (χ3v) is 8.13. The van der Waals surface area contributed by atoms with Crippen molar-refractivity contribution in [3.63, 3.8) is 0 Å². The fourth-order valence-corrected chi connectivity index (χ4v) is 6.70. The molecule has 3 fully saturated rings. The number of pyridine rings is 1. The highest BCUT2D eigenvalue weighted by Gasteiger charge is 2.38. The summed E-state index contributed by atoms with van der Waals surface area (Å²) in [6, 6.07) is 4.56. The predicted octanol–water partition coefficient (Wildman–Crippen LogP) is 2.03. The third kappa shape index (κ3) is 3.89. The fourth-order valence-electron chi connectivity index (χ4n) is 5.61. The minimum Gasteiger partial charge on any atom is -0.380 e. The van der Waals surface area contributed by atoms with Gasteiger partial charge >= 0.3 is 0 Å². The molecule has 0 aliphatic carbocycles. The van der Waals surface area contributed by atoms with E-state index >= 15 is 0 Å². The smallest absolute Gasteiger partial charge is 0.263 e. The molecule has 0 aromatic carbocycles. The zero-order chi connectivity index (χ0) is 19.8. The van der Waals surface area contributed by atoms with Gasteiger partial charge in [0.1, 0.15) is 5.56 Å². The Morgan fingerprint density at radius 2 is 1.93 bits per heavy atom. The largest absolute Gasteiger partial charge is 0.380 e. The standard InChI is InChI=1S/C22H31N3O3S/c26-21(23-6-1-8-28-9-7-23)19-2-3-20-17-12-16(14-25(20)22(19)27)13-24(15-17)18-4-10-29-11-5-18/h2-3,16-18H,1,4-15H2/t16-,17+/m0/s1. The first-order valence-electron chi connectivity index (χ1n) is 11.1. The van der Waals surface area contributed by atoms with E-state index < -0.39 is 0 Å². The molecule has 6 nitrogen and oxygen atoms in total. The molecule has 5 heterocycles. The number of likely N-dealkylation sites (tertiary alicyclic amines) is 1. The van der Waals surface area contributed by atoms with E-state index in [4.69, 9.17) is 4.74 Å². The maximum absolute atomic E-state index is 13.3. The highest BCUT2D eigenvalue weighted by atomic mass is 32.2. The summed E-state index contributed by atoms with van der Waals surface area (Å²) in [5, 5.41) is 0. The number of thioether (sulfide) groups is 1. The van der Waals surface area contributed by atoms with Crippen molar-refractivity contribution in [2.45, 2.75) is 44.2 Å². The van der Waals surface area contributed by atoms with Crippen LogP contribution in [0.2, 0.25) is 0 Å². The Morgan fingerprint density at radius 1 is 1.07 bits per heavy atom. The second kappa shape index (κ2) is 8.44. The monoisotopic (exact) mass is 417 g/mol. The summed E-state index contributed by atoms with van der Waals surface area (Å²) in [6.07, 6.45) is 4.60. The van der Waals surface area contributed by atoms with Crippen LogP contribution < -0.4 is 5.56 Å². The maximum atomic E-state index is 13.3. The van der Waals surface area contributed by atoms with Gasteiger partial charge in [-0.05, 0) is 55.2 Å². The van der Waals surface area contributed by atoms with Crippen LogP contribution in [0.4, 0.5) is 0 Å². The summed E-state index contributed by atoms with van der Waals surface area (Å²) in [5.41, 5.74) is 1.38. The second-order valence-corrected chi connectivity index (χ2v) is 10.2. The number of nitrogens with zero attached hydrogens (tertiary/aromatic N) is 3. The third-order valence-electron chi connectivity index (χ3n) is 7.08. The molecule has 0 radical (unpaired) electrons. The summed E-state index contributed by atoms with van der Waals surface area (Å²) < 4.78 is 7.38. The lowest BCUT2D eigenvalue weighted by molar-refractivity contribution is 0.0723. The van der Waals surface area contributed by atoms with Gasteiger partial charge in [0.05, 0.1) is 6.61 Å². The number of fused-ring (bicyclic) bond motifs is 4. The van der Waals surface area contributed by atoms with Gasteiger partial charge in [0.25, 0.3) is 11.5 Å². The number of hydrogen-bond acceptors (Lipinski definition) is 5. The SMILES string of the molecule is O=C(c1ccc2n(c1=O)C[C@H]1C[C@@H]2CN(C2CCSCC2)C1)N1CCCOCC1. The van der Waals surface area contributed by atoms with Crippen LogP contribution >= 0.6 is 11.8 Å². The Bertz CT molecular complexity index is 812. The molecule has 7 heteroatoms. The molecule has 4 aliphatic heterocycles. The lowest BCUT2D eigenvalue weighted by Gasteiger charge is -2.46. The molecular formula is C22H31N3O3S. The Labute approximate surface area is 176 Å². The summed E-state index contributed by atoms with van der Waals surface area (Å²) in [4.78, 5) is 30.8. The maximum Gasteiger partial charge on any atom is 0.263 e. The molecule has 0 saturated carbocycles. The number of amides is 1. The van der Waals surface area contributed by atoms with Crippen molar-refractivity contribution in [3.05, 3.63) is 33.7 Å². The van der Waals surface area contributed by atoms with E-state index in [1.807, 2.05) is 4.57 Å². The lowest BCUT2D eigenvalue weighted by atomic mass is 9.82. The van der Waals surface area contributed by atoms with Crippen LogP contribution in [0.5, 0.6) is 0 Å². The molecule has 5 rings (SSSR count). The summed E-state index contributed by atoms with van der Waals surface area (Å²) in [6.45, 7) is 5.39. The predicted molar refractivity (Wildman–Crippen MR) is 115 cm³/mol. The van der Waals surface area contributed by atoms with E-state index in [0.29, 0.717) is 49.7 Å². The van der Waals surface area contributed by atoms with Crippen molar-refractivity contribution in [3.8, 4) is 0 Å². The van der Waals surface area contributed by atoms with Crippen molar-refractivity contribution in [1.82, 2.24) is 14.4 Å². The van der Waals surface area contributed by atoms with Crippen LogP contribution in [0.3, 0.4) is 0 Å². The number of carbonyl (C=O) groups excluding carboxylic acids is 1. The second-order valence-electron chi connectivity index (χ2n) is 8.94. The Hall–Kier alpha value is -1.31. The quantitative estimate of drug-likeness (QED) is 0.737. The van der Waals surface area contributed by atoms with E-state index in [2.05, 4.69) is 22.7 Å². The van der Waals surface area contributed by atoms with E-state index in [-0.39, 0.29) is 11.5 Å². The average Bonchev–Trinajstić information content (AvgIpc) is 3.04. The molecule has 1 amide bonds. The summed E-state index contributed by atoms with van der Waals surface area (Å²) in [5.74, 6) is 3.36. The molecule has 2 atom stereocenters. The van der Waals surface area contributed by atoms with Gasteiger partial charge < -0.3 is 14.2 Å². The number of carbonyl (C=O) groups is 1. The molecule has 2 bridgehead atoms. The van der Waals surface area contributed by atoms with Gasteiger partial charge in [-0.2, -0.15) is 11.8 Å². The molecular weight excluding hydrogens is 386 g/mol. The van der Waals surface area contributed by atoms with Crippen molar-refractivity contribution < 1.29 is 9.53 Å². The molecule has 1 aromatic heterocycles. The number of hydrogen-bond donors (Lipinski definition) is 0.